The summed E-state index contributed by atoms with van der Waals surface area (Å²) in [5, 5.41) is 8.49. The van der Waals surface area contributed by atoms with Gasteiger partial charge in [0.1, 0.15) is 5.82 Å². The van der Waals surface area contributed by atoms with Gasteiger partial charge in [-0.3, -0.25) is 0 Å². The molecule has 0 saturated carbocycles. The smallest absolute Gasteiger partial charge is 0.124 e. The Morgan fingerprint density at radius 3 is 2.92 bits per heavy atom. The van der Waals surface area contributed by atoms with Crippen molar-refractivity contribution in [1.82, 2.24) is 0 Å². The zero-order chi connectivity index (χ0) is 9.68. The van der Waals surface area contributed by atoms with Crippen molar-refractivity contribution in [3.63, 3.8) is 0 Å². The van der Waals surface area contributed by atoms with E-state index in [1.54, 1.807) is 6.07 Å². The van der Waals surface area contributed by atoms with E-state index in [0.29, 0.717) is 12.0 Å². The quantitative estimate of drug-likeness (QED) is 0.651. The SMILES string of the molecule is Cc1ccc(F)cc1C#CCCO. The maximum absolute atomic E-state index is 12.7. The topological polar surface area (TPSA) is 20.2 Å². The summed E-state index contributed by atoms with van der Waals surface area (Å²) in [7, 11) is 0. The maximum Gasteiger partial charge on any atom is 0.124 e. The van der Waals surface area contributed by atoms with Crippen LogP contribution in [0.15, 0.2) is 18.2 Å². The summed E-state index contributed by atoms with van der Waals surface area (Å²) in [6, 6.07) is 4.50. The highest BCUT2D eigenvalue weighted by atomic mass is 19.1. The number of aliphatic hydroxyl groups is 1. The number of hydrogen-bond acceptors (Lipinski definition) is 1. The minimum absolute atomic E-state index is 0.0430. The van der Waals surface area contributed by atoms with Gasteiger partial charge in [-0.2, -0.15) is 0 Å². The average molecular weight is 178 g/mol. The lowest BCUT2D eigenvalue weighted by Gasteiger charge is -1.96. The van der Waals surface area contributed by atoms with Gasteiger partial charge in [0, 0.05) is 12.0 Å². The highest BCUT2D eigenvalue weighted by Crippen LogP contribution is 2.08. The summed E-state index contributed by atoms with van der Waals surface area (Å²) < 4.78 is 12.7. The van der Waals surface area contributed by atoms with Gasteiger partial charge in [-0.05, 0) is 24.6 Å². The van der Waals surface area contributed by atoms with Crippen molar-refractivity contribution >= 4 is 0 Å². The Bertz CT molecular complexity index is 347. The van der Waals surface area contributed by atoms with Crippen LogP contribution in [0, 0.1) is 24.6 Å². The number of benzene rings is 1. The second kappa shape index (κ2) is 4.64. The largest absolute Gasteiger partial charge is 0.395 e. The monoisotopic (exact) mass is 178 g/mol. The molecule has 0 spiro atoms. The van der Waals surface area contributed by atoms with Gasteiger partial charge in [0.2, 0.25) is 0 Å². The van der Waals surface area contributed by atoms with Crippen LogP contribution >= 0.6 is 0 Å². The molecule has 0 aromatic heterocycles. The number of rotatable bonds is 1. The number of halogens is 1. The molecule has 1 N–H and O–H groups in total. The predicted molar refractivity (Wildman–Crippen MR) is 49.7 cm³/mol. The zero-order valence-electron chi connectivity index (χ0n) is 7.47. The summed E-state index contributed by atoms with van der Waals surface area (Å²) in [6.07, 6.45) is 0.427. The highest BCUT2D eigenvalue weighted by Gasteiger charge is 1.95. The molecule has 0 saturated heterocycles. The van der Waals surface area contributed by atoms with Crippen molar-refractivity contribution in [2.75, 3.05) is 6.61 Å². The summed E-state index contributed by atoms with van der Waals surface area (Å²) >= 11 is 0. The van der Waals surface area contributed by atoms with Crippen LogP contribution in [-0.4, -0.2) is 11.7 Å². The lowest BCUT2D eigenvalue weighted by molar-refractivity contribution is 0.305. The minimum Gasteiger partial charge on any atom is -0.395 e. The Morgan fingerprint density at radius 2 is 2.23 bits per heavy atom. The molecule has 0 fully saturated rings. The molecule has 0 heterocycles. The fourth-order valence-electron chi connectivity index (χ4n) is 0.943. The average Bonchev–Trinajstić information content (AvgIpc) is 2.11. The predicted octanol–water partition coefficient (Wildman–Crippen LogP) is 1.87. The van der Waals surface area contributed by atoms with Crippen molar-refractivity contribution in [2.45, 2.75) is 13.3 Å². The lowest BCUT2D eigenvalue weighted by atomic mass is 10.1. The molecule has 2 heteroatoms. The summed E-state index contributed by atoms with van der Waals surface area (Å²) in [4.78, 5) is 0. The Kier molecular flexibility index (Phi) is 3.48. The van der Waals surface area contributed by atoms with Crippen LogP contribution in [0.5, 0.6) is 0 Å². The molecular formula is C11H11FO. The molecule has 0 atom stereocenters. The van der Waals surface area contributed by atoms with Crippen LogP contribution in [0.3, 0.4) is 0 Å². The van der Waals surface area contributed by atoms with Gasteiger partial charge in [0.05, 0.1) is 6.61 Å². The first-order valence-electron chi connectivity index (χ1n) is 4.10. The van der Waals surface area contributed by atoms with Gasteiger partial charge in [-0.1, -0.05) is 17.9 Å². The Morgan fingerprint density at radius 1 is 1.46 bits per heavy atom. The molecule has 1 aromatic carbocycles. The van der Waals surface area contributed by atoms with Crippen LogP contribution in [0.4, 0.5) is 4.39 Å². The molecule has 0 amide bonds. The summed E-state index contributed by atoms with van der Waals surface area (Å²) in [5.74, 6) is 5.28. The van der Waals surface area contributed by atoms with E-state index in [1.165, 1.54) is 12.1 Å². The van der Waals surface area contributed by atoms with E-state index in [9.17, 15) is 4.39 Å². The van der Waals surface area contributed by atoms with Crippen LogP contribution in [-0.2, 0) is 0 Å². The van der Waals surface area contributed by atoms with Crippen LogP contribution in [0.1, 0.15) is 17.5 Å². The Labute approximate surface area is 77.2 Å². The van der Waals surface area contributed by atoms with Gasteiger partial charge >= 0.3 is 0 Å². The van der Waals surface area contributed by atoms with E-state index in [1.807, 2.05) is 6.92 Å². The van der Waals surface area contributed by atoms with Gasteiger partial charge in [-0.15, -0.1) is 0 Å². The molecule has 0 aliphatic carbocycles. The van der Waals surface area contributed by atoms with E-state index in [0.717, 1.165) is 5.56 Å². The molecule has 0 bridgehead atoms. The molecule has 0 aliphatic heterocycles. The second-order valence-corrected chi connectivity index (χ2v) is 2.73. The molecule has 1 nitrogen and oxygen atoms in total. The molecule has 13 heavy (non-hydrogen) atoms. The minimum atomic E-state index is -0.279. The molecular weight excluding hydrogens is 167 g/mol. The molecule has 68 valence electrons. The zero-order valence-corrected chi connectivity index (χ0v) is 7.47. The van der Waals surface area contributed by atoms with E-state index >= 15 is 0 Å². The van der Waals surface area contributed by atoms with E-state index in [-0.39, 0.29) is 12.4 Å². The summed E-state index contributed by atoms with van der Waals surface area (Å²) in [5.41, 5.74) is 1.64. The molecule has 0 unspecified atom stereocenters. The number of aliphatic hydroxyl groups excluding tert-OH is 1. The van der Waals surface area contributed by atoms with Gasteiger partial charge < -0.3 is 5.11 Å². The second-order valence-electron chi connectivity index (χ2n) is 2.73. The first-order chi connectivity index (χ1) is 6.24. The van der Waals surface area contributed by atoms with Crippen LogP contribution in [0.25, 0.3) is 0 Å². The van der Waals surface area contributed by atoms with Gasteiger partial charge in [-0.25, -0.2) is 4.39 Å². The van der Waals surface area contributed by atoms with Crippen molar-refractivity contribution in [1.29, 1.82) is 0 Å². The first-order valence-corrected chi connectivity index (χ1v) is 4.10. The molecule has 1 rings (SSSR count). The van der Waals surface area contributed by atoms with E-state index in [4.69, 9.17) is 5.11 Å². The fraction of sp³-hybridized carbons (Fsp3) is 0.273. The van der Waals surface area contributed by atoms with E-state index < -0.39 is 0 Å². The van der Waals surface area contributed by atoms with Crippen molar-refractivity contribution in [3.8, 4) is 11.8 Å². The van der Waals surface area contributed by atoms with Gasteiger partial charge in [0.15, 0.2) is 0 Å². The third-order valence-electron chi connectivity index (χ3n) is 1.66. The first kappa shape index (κ1) is 9.76. The Hall–Kier alpha value is -1.33. The van der Waals surface area contributed by atoms with Crippen LogP contribution < -0.4 is 0 Å². The van der Waals surface area contributed by atoms with E-state index in [2.05, 4.69) is 11.8 Å². The lowest BCUT2D eigenvalue weighted by Crippen LogP contribution is -1.84. The third kappa shape index (κ3) is 2.89. The normalized spacial score (nSPS) is 9.15. The number of aryl methyl sites for hydroxylation is 1. The molecule has 0 aliphatic rings. The number of hydrogen-bond donors (Lipinski definition) is 1. The molecule has 0 radical (unpaired) electrons. The highest BCUT2D eigenvalue weighted by molar-refractivity contribution is 5.40. The Balaban J connectivity index is 2.89. The maximum atomic E-state index is 12.7. The summed E-state index contributed by atoms with van der Waals surface area (Å²) in [6.45, 7) is 1.92. The van der Waals surface area contributed by atoms with Crippen molar-refractivity contribution in [3.05, 3.63) is 35.1 Å². The van der Waals surface area contributed by atoms with Crippen molar-refractivity contribution in [2.24, 2.45) is 0 Å². The fourth-order valence-corrected chi connectivity index (χ4v) is 0.943. The van der Waals surface area contributed by atoms with Crippen molar-refractivity contribution < 1.29 is 9.50 Å². The third-order valence-corrected chi connectivity index (χ3v) is 1.66. The standard InChI is InChI=1S/C11H11FO/c1-9-5-6-11(12)8-10(9)4-2-3-7-13/h5-6,8,13H,3,7H2,1H3. The molecule has 1 aromatic rings. The van der Waals surface area contributed by atoms with Gasteiger partial charge in [0.25, 0.3) is 0 Å². The van der Waals surface area contributed by atoms with Crippen LogP contribution in [0.2, 0.25) is 0 Å².